The number of carbonyl (C=O) groups excluding carboxylic acids is 1. The van der Waals surface area contributed by atoms with Gasteiger partial charge in [0.15, 0.2) is 5.69 Å². The molecule has 0 bridgehead atoms. The number of rotatable bonds is 6. The third-order valence-electron chi connectivity index (χ3n) is 5.21. The second kappa shape index (κ2) is 9.40. The number of hydrogen-bond acceptors (Lipinski definition) is 7. The summed E-state index contributed by atoms with van der Waals surface area (Å²) in [5.41, 5.74) is 6.20. The number of nitrogens with one attached hydrogen (secondary N) is 2. The number of likely N-dealkylation sites (tertiary alicyclic amines) is 1. The molecule has 0 spiro atoms. The minimum Gasteiger partial charge on any atom is -0.389 e. The number of nitrogen functional groups attached to an aromatic ring is 1. The summed E-state index contributed by atoms with van der Waals surface area (Å²) in [4.78, 5) is 23.4. The van der Waals surface area contributed by atoms with Crippen molar-refractivity contribution in [1.82, 2.24) is 15.2 Å². The maximum Gasteiger partial charge on any atom is 0.273 e. The van der Waals surface area contributed by atoms with Crippen LogP contribution in [0.1, 0.15) is 23.3 Å². The number of nitrogens with two attached hydrogens (primary N) is 1. The smallest absolute Gasteiger partial charge is 0.273 e. The van der Waals surface area contributed by atoms with E-state index in [0.717, 1.165) is 61.3 Å². The Labute approximate surface area is 177 Å². The number of nitrogens with zero attached hydrogens (tertiary/aromatic N) is 3. The van der Waals surface area contributed by atoms with Gasteiger partial charge < -0.3 is 21.4 Å². The minimum atomic E-state index is -0.782. The van der Waals surface area contributed by atoms with Gasteiger partial charge in [0.05, 0.1) is 5.56 Å². The molecule has 1 amide bonds. The van der Waals surface area contributed by atoms with Gasteiger partial charge in [-0.25, -0.2) is 13.8 Å². The third-order valence-corrected chi connectivity index (χ3v) is 6.11. The highest BCUT2D eigenvalue weighted by atomic mass is 32.1. The lowest BCUT2D eigenvalue weighted by atomic mass is 9.88. The number of thiazole rings is 1. The van der Waals surface area contributed by atoms with Crippen LogP contribution in [0, 0.1) is 23.0 Å². The van der Waals surface area contributed by atoms with Crippen molar-refractivity contribution in [2.75, 3.05) is 32.9 Å². The van der Waals surface area contributed by atoms with Gasteiger partial charge in [-0.15, -0.1) is 0 Å². The van der Waals surface area contributed by atoms with Gasteiger partial charge in [-0.3, -0.25) is 9.79 Å². The first-order valence-corrected chi connectivity index (χ1v) is 10.3. The Morgan fingerprint density at radius 1 is 1.40 bits per heavy atom. The highest BCUT2D eigenvalue weighted by Crippen LogP contribution is 2.33. The number of hydrogen-bond donors (Lipinski definition) is 3. The summed E-state index contributed by atoms with van der Waals surface area (Å²) in [5.74, 6) is -2.02. The average Bonchev–Trinajstić information content (AvgIpc) is 3.10. The number of benzene rings is 1. The summed E-state index contributed by atoms with van der Waals surface area (Å²) < 4.78 is 28.1. The Balaban J connectivity index is 1.81. The van der Waals surface area contributed by atoms with Crippen LogP contribution >= 0.6 is 11.3 Å². The van der Waals surface area contributed by atoms with E-state index in [1.165, 1.54) is 6.07 Å². The van der Waals surface area contributed by atoms with Crippen molar-refractivity contribution < 1.29 is 13.6 Å². The fourth-order valence-corrected chi connectivity index (χ4v) is 4.47. The number of piperidine rings is 1. The highest BCUT2D eigenvalue weighted by molar-refractivity contribution is 7.19. The zero-order valence-electron chi connectivity index (χ0n) is 16.8. The van der Waals surface area contributed by atoms with Crippen LogP contribution in [0.2, 0.25) is 0 Å². The Bertz CT molecular complexity index is 948. The topological polar surface area (TPSA) is 107 Å². The molecule has 1 aliphatic heterocycles. The maximum atomic E-state index is 14.1. The van der Waals surface area contributed by atoms with E-state index < -0.39 is 23.6 Å². The lowest BCUT2D eigenvalue weighted by Crippen LogP contribution is -2.47. The van der Waals surface area contributed by atoms with E-state index in [9.17, 15) is 13.6 Å². The highest BCUT2D eigenvalue weighted by Gasteiger charge is 2.29. The van der Waals surface area contributed by atoms with Crippen molar-refractivity contribution >= 4 is 34.2 Å². The average molecular weight is 435 g/mol. The van der Waals surface area contributed by atoms with Crippen molar-refractivity contribution in [3.05, 3.63) is 35.5 Å². The molecule has 2 aromatic rings. The summed E-state index contributed by atoms with van der Waals surface area (Å²) in [5, 5.41) is 10.5. The quantitative estimate of drug-likeness (QED) is 0.608. The van der Waals surface area contributed by atoms with Gasteiger partial charge in [0.1, 0.15) is 27.7 Å². The molecule has 1 aromatic heterocycles. The molecule has 4 N–H and O–H groups in total. The van der Waals surface area contributed by atoms with Crippen LogP contribution in [-0.2, 0) is 0 Å². The first kappa shape index (κ1) is 22.0. The number of aliphatic imine (C=N–C) groups is 1. The summed E-state index contributed by atoms with van der Waals surface area (Å²) in [6, 6.07) is 2.78. The predicted molar refractivity (Wildman–Crippen MR) is 115 cm³/mol. The number of carbonyl (C=O) groups is 1. The van der Waals surface area contributed by atoms with Crippen LogP contribution in [-0.4, -0.2) is 60.9 Å². The summed E-state index contributed by atoms with van der Waals surface area (Å²) in [6.45, 7) is 1.83. The lowest BCUT2D eigenvalue weighted by Gasteiger charge is -2.31. The van der Waals surface area contributed by atoms with E-state index in [-0.39, 0.29) is 27.2 Å². The number of aromatic nitrogens is 1. The largest absolute Gasteiger partial charge is 0.389 e. The Hall–Kier alpha value is -2.72. The molecular formula is C20H24F2N6OS. The van der Waals surface area contributed by atoms with Crippen LogP contribution in [0.5, 0.6) is 0 Å². The van der Waals surface area contributed by atoms with E-state index in [4.69, 9.17) is 11.1 Å². The Kier molecular flexibility index (Phi) is 6.88. The van der Waals surface area contributed by atoms with Crippen molar-refractivity contribution in [2.45, 2.75) is 18.9 Å². The summed E-state index contributed by atoms with van der Waals surface area (Å²) in [7, 11) is 3.70. The van der Waals surface area contributed by atoms with Crippen LogP contribution in [0.25, 0.3) is 10.6 Å². The van der Waals surface area contributed by atoms with Crippen molar-refractivity contribution in [2.24, 2.45) is 10.9 Å². The maximum absolute atomic E-state index is 14.1. The molecule has 1 atom stereocenters. The molecule has 1 saturated heterocycles. The van der Waals surface area contributed by atoms with Gasteiger partial charge >= 0.3 is 0 Å². The van der Waals surface area contributed by atoms with Crippen LogP contribution in [0.3, 0.4) is 0 Å². The molecule has 2 heterocycles. The molecule has 10 heteroatoms. The fraction of sp³-hybridized carbons (Fsp3) is 0.400. The van der Waals surface area contributed by atoms with Crippen LogP contribution < -0.4 is 11.1 Å². The SMILES string of the molecule is CN=C(C1CCN(C)CC1)C(C=N)NC(=O)c1nc(-c2c(F)cccc2F)sc1N. The number of anilines is 1. The molecule has 0 radical (unpaired) electrons. The molecule has 7 nitrogen and oxygen atoms in total. The van der Waals surface area contributed by atoms with Crippen molar-refractivity contribution in [3.8, 4) is 10.6 Å². The molecule has 1 unspecified atom stereocenters. The first-order chi connectivity index (χ1) is 14.3. The number of halogens is 2. The van der Waals surface area contributed by atoms with Gasteiger partial charge in [-0.1, -0.05) is 17.4 Å². The zero-order chi connectivity index (χ0) is 21.8. The molecule has 30 heavy (non-hydrogen) atoms. The van der Waals surface area contributed by atoms with Gasteiger partial charge in [0.2, 0.25) is 0 Å². The Morgan fingerprint density at radius 3 is 2.60 bits per heavy atom. The molecule has 1 fully saturated rings. The second-order valence-corrected chi connectivity index (χ2v) is 8.20. The molecule has 1 aliphatic rings. The van der Waals surface area contributed by atoms with Crippen molar-refractivity contribution in [3.63, 3.8) is 0 Å². The van der Waals surface area contributed by atoms with Gasteiger partial charge in [-0.05, 0) is 45.1 Å². The predicted octanol–water partition coefficient (Wildman–Crippen LogP) is 2.83. The van der Waals surface area contributed by atoms with E-state index >= 15 is 0 Å². The standard InChI is InChI=1S/C20H24F2N6OS/c1-25-16(11-6-8-28(2)9-7-11)14(10-23)26-19(29)17-18(24)30-20(27-17)15-12(21)4-3-5-13(15)22/h3-5,10-11,14,23H,6-9,24H2,1-2H3,(H,26,29). The lowest BCUT2D eigenvalue weighted by molar-refractivity contribution is 0.0950. The molecule has 3 rings (SSSR count). The van der Waals surface area contributed by atoms with Gasteiger partial charge in [0.25, 0.3) is 5.91 Å². The monoisotopic (exact) mass is 434 g/mol. The second-order valence-electron chi connectivity index (χ2n) is 7.17. The summed E-state index contributed by atoms with van der Waals surface area (Å²) >= 11 is 0.834. The van der Waals surface area contributed by atoms with Crippen LogP contribution in [0.4, 0.5) is 13.8 Å². The Morgan fingerprint density at radius 2 is 2.03 bits per heavy atom. The number of amides is 1. The molecule has 160 valence electrons. The van der Waals surface area contributed by atoms with E-state index in [0.29, 0.717) is 0 Å². The zero-order valence-corrected chi connectivity index (χ0v) is 17.6. The first-order valence-electron chi connectivity index (χ1n) is 9.53. The molecule has 0 saturated carbocycles. The minimum absolute atomic E-state index is 0.0145. The van der Waals surface area contributed by atoms with Gasteiger partial charge in [0, 0.05) is 24.9 Å². The van der Waals surface area contributed by atoms with E-state index in [1.807, 2.05) is 0 Å². The third kappa shape index (κ3) is 4.54. The van der Waals surface area contributed by atoms with Crippen molar-refractivity contribution in [1.29, 1.82) is 5.41 Å². The molecule has 1 aromatic carbocycles. The molecule has 0 aliphatic carbocycles. The molecular weight excluding hydrogens is 410 g/mol. The fourth-order valence-electron chi connectivity index (χ4n) is 3.59. The summed E-state index contributed by atoms with van der Waals surface area (Å²) in [6.07, 6.45) is 2.90. The van der Waals surface area contributed by atoms with E-state index in [2.05, 4.69) is 27.2 Å². The van der Waals surface area contributed by atoms with Crippen LogP contribution in [0.15, 0.2) is 23.2 Å². The normalized spacial score (nSPS) is 17.0. The van der Waals surface area contributed by atoms with Gasteiger partial charge in [-0.2, -0.15) is 0 Å². The van der Waals surface area contributed by atoms with E-state index in [1.54, 1.807) is 7.05 Å².